The van der Waals surface area contributed by atoms with E-state index in [4.69, 9.17) is 0 Å². The highest BCUT2D eigenvalue weighted by Gasteiger charge is 2.53. The number of nitrogens with one attached hydrogen (secondary N) is 1. The maximum Gasteiger partial charge on any atom is 0.194 e. The summed E-state index contributed by atoms with van der Waals surface area (Å²) in [4.78, 5) is 7.04. The van der Waals surface area contributed by atoms with Crippen molar-refractivity contribution in [2.24, 2.45) is 10.4 Å². The molecule has 3 heteroatoms. The Balaban J connectivity index is 2.75. The number of nitrogens with zero attached hydrogens (tertiary/aromatic N) is 2. The van der Waals surface area contributed by atoms with Crippen LogP contribution in [0.3, 0.4) is 0 Å². The summed E-state index contributed by atoms with van der Waals surface area (Å²) in [6, 6.07) is 0. The summed E-state index contributed by atoms with van der Waals surface area (Å²) in [6.45, 7) is 16.5. The molecule has 1 aliphatic heterocycles. The SMILES string of the molecule is CCCN=C(NCC)N1CC(C)(C)C1(C)C. The summed E-state index contributed by atoms with van der Waals surface area (Å²) in [7, 11) is 0. The maximum atomic E-state index is 4.65. The molecule has 1 heterocycles. The van der Waals surface area contributed by atoms with Crippen LogP contribution in [0, 0.1) is 5.41 Å². The molecular formula is C13H27N3. The minimum atomic E-state index is 0.196. The van der Waals surface area contributed by atoms with E-state index in [1.807, 2.05) is 0 Å². The van der Waals surface area contributed by atoms with Crippen molar-refractivity contribution in [1.29, 1.82) is 0 Å². The molecule has 16 heavy (non-hydrogen) atoms. The molecule has 1 saturated heterocycles. The molecule has 0 radical (unpaired) electrons. The maximum absolute atomic E-state index is 4.65. The van der Waals surface area contributed by atoms with Gasteiger partial charge in [-0.2, -0.15) is 0 Å². The van der Waals surface area contributed by atoms with Gasteiger partial charge in [-0.15, -0.1) is 0 Å². The fraction of sp³-hybridized carbons (Fsp3) is 0.923. The molecule has 0 aromatic carbocycles. The first-order valence-electron chi connectivity index (χ1n) is 6.42. The van der Waals surface area contributed by atoms with Gasteiger partial charge >= 0.3 is 0 Å². The highest BCUT2D eigenvalue weighted by atomic mass is 15.4. The first kappa shape index (κ1) is 13.3. The second kappa shape index (κ2) is 4.64. The molecule has 1 aliphatic rings. The molecule has 1 fully saturated rings. The van der Waals surface area contributed by atoms with E-state index in [1.54, 1.807) is 0 Å². The Labute approximate surface area is 100 Å². The van der Waals surface area contributed by atoms with Crippen molar-refractivity contribution in [1.82, 2.24) is 10.2 Å². The molecule has 1 rings (SSSR count). The minimum absolute atomic E-state index is 0.196. The number of aliphatic imine (C=N–C) groups is 1. The average Bonchev–Trinajstić information content (AvgIpc) is 2.21. The second-order valence-corrected chi connectivity index (χ2v) is 5.76. The van der Waals surface area contributed by atoms with E-state index in [0.717, 1.165) is 32.0 Å². The van der Waals surface area contributed by atoms with Crippen LogP contribution in [-0.4, -0.2) is 36.0 Å². The zero-order valence-electron chi connectivity index (χ0n) is 11.7. The second-order valence-electron chi connectivity index (χ2n) is 5.76. The van der Waals surface area contributed by atoms with Crippen molar-refractivity contribution >= 4 is 5.96 Å². The standard InChI is InChI=1S/C13H27N3/c1-7-9-15-11(14-8-2)16-10-12(3,4)13(16,5)6/h7-10H2,1-6H3,(H,14,15). The van der Waals surface area contributed by atoms with Crippen LogP contribution in [0.4, 0.5) is 0 Å². The third kappa shape index (κ3) is 2.18. The summed E-state index contributed by atoms with van der Waals surface area (Å²) < 4.78 is 0. The predicted molar refractivity (Wildman–Crippen MR) is 70.8 cm³/mol. The van der Waals surface area contributed by atoms with E-state index in [1.165, 1.54) is 0 Å². The van der Waals surface area contributed by atoms with Crippen molar-refractivity contribution in [3.63, 3.8) is 0 Å². The molecule has 0 unspecified atom stereocenters. The zero-order chi connectivity index (χ0) is 12.4. The largest absolute Gasteiger partial charge is 0.356 e. The van der Waals surface area contributed by atoms with Gasteiger partial charge in [0.15, 0.2) is 5.96 Å². The van der Waals surface area contributed by atoms with E-state index >= 15 is 0 Å². The summed E-state index contributed by atoms with van der Waals surface area (Å²) in [6.07, 6.45) is 1.10. The van der Waals surface area contributed by atoms with Crippen LogP contribution in [0.2, 0.25) is 0 Å². The predicted octanol–water partition coefficient (Wildman–Crippen LogP) is 2.48. The van der Waals surface area contributed by atoms with Crippen LogP contribution in [0.15, 0.2) is 4.99 Å². The smallest absolute Gasteiger partial charge is 0.194 e. The molecule has 3 nitrogen and oxygen atoms in total. The number of hydrogen-bond donors (Lipinski definition) is 1. The number of hydrogen-bond acceptors (Lipinski definition) is 1. The van der Waals surface area contributed by atoms with Crippen LogP contribution in [0.5, 0.6) is 0 Å². The van der Waals surface area contributed by atoms with Crippen LogP contribution in [0.25, 0.3) is 0 Å². The quantitative estimate of drug-likeness (QED) is 0.590. The van der Waals surface area contributed by atoms with Gasteiger partial charge in [0.2, 0.25) is 0 Å². The van der Waals surface area contributed by atoms with E-state index in [2.05, 4.69) is 56.8 Å². The summed E-state index contributed by atoms with van der Waals surface area (Å²) >= 11 is 0. The molecule has 0 saturated carbocycles. The van der Waals surface area contributed by atoms with E-state index in [9.17, 15) is 0 Å². The van der Waals surface area contributed by atoms with Gasteiger partial charge < -0.3 is 10.2 Å². The Morgan fingerprint density at radius 1 is 1.25 bits per heavy atom. The lowest BCUT2D eigenvalue weighted by Crippen LogP contribution is -2.72. The first-order chi connectivity index (χ1) is 7.36. The van der Waals surface area contributed by atoms with Crippen LogP contribution >= 0.6 is 0 Å². The lowest BCUT2D eigenvalue weighted by molar-refractivity contribution is -0.0667. The molecule has 0 amide bonds. The number of likely N-dealkylation sites (tertiary alicyclic amines) is 1. The van der Waals surface area contributed by atoms with Crippen molar-refractivity contribution in [2.75, 3.05) is 19.6 Å². The molecule has 0 atom stereocenters. The fourth-order valence-electron chi connectivity index (χ4n) is 2.01. The Hall–Kier alpha value is -0.730. The summed E-state index contributed by atoms with van der Waals surface area (Å²) in [5, 5.41) is 3.39. The summed E-state index contributed by atoms with van der Waals surface area (Å²) in [5.74, 6) is 1.08. The van der Waals surface area contributed by atoms with E-state index in [-0.39, 0.29) is 5.54 Å². The third-order valence-corrected chi connectivity index (χ3v) is 3.96. The molecule has 0 aromatic heterocycles. The van der Waals surface area contributed by atoms with Gasteiger partial charge in [0.05, 0.1) is 0 Å². The Kier molecular flexibility index (Phi) is 3.87. The number of rotatable bonds is 3. The Morgan fingerprint density at radius 3 is 2.25 bits per heavy atom. The van der Waals surface area contributed by atoms with E-state index in [0.29, 0.717) is 5.41 Å². The van der Waals surface area contributed by atoms with E-state index < -0.39 is 0 Å². The highest BCUT2D eigenvalue weighted by Crippen LogP contribution is 2.46. The van der Waals surface area contributed by atoms with Crippen molar-refractivity contribution in [3.8, 4) is 0 Å². The lowest BCUT2D eigenvalue weighted by Gasteiger charge is -2.62. The van der Waals surface area contributed by atoms with Crippen LogP contribution in [0.1, 0.15) is 48.0 Å². The third-order valence-electron chi connectivity index (χ3n) is 3.96. The highest BCUT2D eigenvalue weighted by molar-refractivity contribution is 5.82. The lowest BCUT2D eigenvalue weighted by atomic mass is 9.65. The Bertz CT molecular complexity index is 266. The zero-order valence-corrected chi connectivity index (χ0v) is 11.7. The average molecular weight is 225 g/mol. The van der Waals surface area contributed by atoms with Gasteiger partial charge in [0, 0.05) is 30.6 Å². The molecule has 0 bridgehead atoms. The van der Waals surface area contributed by atoms with Crippen LogP contribution < -0.4 is 5.32 Å². The fourth-order valence-corrected chi connectivity index (χ4v) is 2.01. The normalized spacial score (nSPS) is 22.9. The van der Waals surface area contributed by atoms with Crippen molar-refractivity contribution < 1.29 is 0 Å². The molecule has 1 N–H and O–H groups in total. The summed E-state index contributed by atoms with van der Waals surface area (Å²) in [5.41, 5.74) is 0.567. The molecule has 0 aromatic rings. The van der Waals surface area contributed by atoms with Gasteiger partial charge in [-0.1, -0.05) is 20.8 Å². The molecule has 0 spiro atoms. The Morgan fingerprint density at radius 2 is 1.88 bits per heavy atom. The molecular weight excluding hydrogens is 198 g/mol. The van der Waals surface area contributed by atoms with Gasteiger partial charge in [-0.3, -0.25) is 4.99 Å². The van der Waals surface area contributed by atoms with Gasteiger partial charge in [-0.05, 0) is 27.2 Å². The van der Waals surface area contributed by atoms with Gasteiger partial charge in [-0.25, -0.2) is 0 Å². The minimum Gasteiger partial charge on any atom is -0.356 e. The topological polar surface area (TPSA) is 27.6 Å². The van der Waals surface area contributed by atoms with Gasteiger partial charge in [0.25, 0.3) is 0 Å². The number of guanidine groups is 1. The molecule has 0 aliphatic carbocycles. The van der Waals surface area contributed by atoms with Crippen molar-refractivity contribution in [2.45, 2.75) is 53.5 Å². The monoisotopic (exact) mass is 225 g/mol. The molecule has 94 valence electrons. The van der Waals surface area contributed by atoms with Gasteiger partial charge in [0.1, 0.15) is 0 Å². The van der Waals surface area contributed by atoms with Crippen LogP contribution in [-0.2, 0) is 0 Å². The van der Waals surface area contributed by atoms with Crippen molar-refractivity contribution in [3.05, 3.63) is 0 Å². The first-order valence-corrected chi connectivity index (χ1v) is 6.42.